The first kappa shape index (κ1) is 12.1. The van der Waals surface area contributed by atoms with E-state index in [9.17, 15) is 8.42 Å². The highest BCUT2D eigenvalue weighted by Crippen LogP contribution is 2.25. The Morgan fingerprint density at radius 2 is 1.88 bits per heavy atom. The van der Waals surface area contributed by atoms with E-state index in [1.54, 1.807) is 24.3 Å². The van der Waals surface area contributed by atoms with Crippen molar-refractivity contribution in [2.75, 3.05) is 6.54 Å². The molecule has 1 saturated carbocycles. The quantitative estimate of drug-likeness (QED) is 0.929. The van der Waals surface area contributed by atoms with Gasteiger partial charge in [-0.2, -0.15) is 0 Å². The van der Waals surface area contributed by atoms with E-state index in [0.717, 1.165) is 17.3 Å². The Morgan fingerprint density at radius 3 is 2.38 bits per heavy atom. The molecule has 3 nitrogen and oxygen atoms in total. The second-order valence-corrected chi connectivity index (χ2v) is 6.79. The molecule has 1 aromatic rings. The van der Waals surface area contributed by atoms with E-state index < -0.39 is 10.0 Å². The fraction of sp³-hybridized carbons (Fsp3) is 0.455. The van der Waals surface area contributed by atoms with Gasteiger partial charge in [-0.25, -0.2) is 13.1 Å². The molecule has 0 radical (unpaired) electrons. The Morgan fingerprint density at radius 1 is 1.25 bits per heavy atom. The van der Waals surface area contributed by atoms with E-state index in [-0.39, 0.29) is 0 Å². The molecule has 0 aromatic heterocycles. The van der Waals surface area contributed by atoms with Crippen LogP contribution in [0, 0.1) is 5.92 Å². The number of halogens is 1. The SMILES string of the molecule is O=S(=O)(NCC1CCC1)c1ccc(Br)cc1. The molecule has 1 aromatic carbocycles. The number of hydrogen-bond acceptors (Lipinski definition) is 2. The summed E-state index contributed by atoms with van der Waals surface area (Å²) in [5.41, 5.74) is 0. The van der Waals surface area contributed by atoms with Crippen LogP contribution >= 0.6 is 15.9 Å². The summed E-state index contributed by atoms with van der Waals surface area (Å²) in [5, 5.41) is 0. The fourth-order valence-corrected chi connectivity index (χ4v) is 3.00. The molecule has 2 rings (SSSR count). The van der Waals surface area contributed by atoms with Crippen molar-refractivity contribution < 1.29 is 8.42 Å². The summed E-state index contributed by atoms with van der Waals surface area (Å²) in [6, 6.07) is 6.68. The lowest BCUT2D eigenvalue weighted by Crippen LogP contribution is -2.32. The number of nitrogens with one attached hydrogen (secondary N) is 1. The van der Waals surface area contributed by atoms with Gasteiger partial charge in [0.25, 0.3) is 0 Å². The zero-order chi connectivity index (χ0) is 11.6. The maximum Gasteiger partial charge on any atom is 0.240 e. The molecule has 0 aliphatic heterocycles. The summed E-state index contributed by atoms with van der Waals surface area (Å²) in [6.07, 6.45) is 3.51. The Hall–Kier alpha value is -0.390. The topological polar surface area (TPSA) is 46.2 Å². The van der Waals surface area contributed by atoms with Crippen molar-refractivity contribution >= 4 is 26.0 Å². The average molecular weight is 304 g/mol. The van der Waals surface area contributed by atoms with E-state index in [2.05, 4.69) is 20.7 Å². The smallest absolute Gasteiger partial charge is 0.211 e. The van der Waals surface area contributed by atoms with Gasteiger partial charge in [-0.15, -0.1) is 0 Å². The molecule has 0 heterocycles. The van der Waals surface area contributed by atoms with Crippen molar-refractivity contribution in [3.05, 3.63) is 28.7 Å². The van der Waals surface area contributed by atoms with Gasteiger partial charge in [-0.05, 0) is 43.0 Å². The molecule has 0 saturated heterocycles. The summed E-state index contributed by atoms with van der Waals surface area (Å²) in [4.78, 5) is 0.329. The molecule has 0 unspecified atom stereocenters. The van der Waals surface area contributed by atoms with Crippen LogP contribution in [0.15, 0.2) is 33.6 Å². The minimum atomic E-state index is -3.32. The highest BCUT2D eigenvalue weighted by molar-refractivity contribution is 9.10. The molecule has 0 atom stereocenters. The first-order valence-electron chi connectivity index (χ1n) is 5.33. The molecule has 1 fully saturated rings. The Labute approximate surface area is 104 Å². The summed E-state index contributed by atoms with van der Waals surface area (Å²) in [6.45, 7) is 0.568. The van der Waals surface area contributed by atoms with Gasteiger partial charge in [-0.1, -0.05) is 22.4 Å². The van der Waals surface area contributed by atoms with Crippen LogP contribution in [0.25, 0.3) is 0 Å². The van der Waals surface area contributed by atoms with Crippen LogP contribution in [-0.2, 0) is 10.0 Å². The predicted molar refractivity (Wildman–Crippen MR) is 66.7 cm³/mol. The summed E-state index contributed by atoms with van der Waals surface area (Å²) < 4.78 is 27.3. The maximum absolute atomic E-state index is 11.9. The van der Waals surface area contributed by atoms with E-state index in [4.69, 9.17) is 0 Å². The molecule has 5 heteroatoms. The normalized spacial score (nSPS) is 17.1. The molecule has 0 amide bonds. The largest absolute Gasteiger partial charge is 0.240 e. The number of benzene rings is 1. The third-order valence-electron chi connectivity index (χ3n) is 2.91. The molecule has 1 aliphatic rings. The lowest BCUT2D eigenvalue weighted by Gasteiger charge is -2.25. The summed E-state index contributed by atoms with van der Waals surface area (Å²) >= 11 is 3.28. The zero-order valence-electron chi connectivity index (χ0n) is 8.82. The molecular formula is C11H14BrNO2S. The Balaban J connectivity index is 2.02. The predicted octanol–water partition coefficient (Wildman–Crippen LogP) is 2.53. The van der Waals surface area contributed by atoms with E-state index in [1.165, 1.54) is 6.42 Å². The summed E-state index contributed by atoms with van der Waals surface area (Å²) in [5.74, 6) is 0.533. The molecule has 88 valence electrons. The van der Waals surface area contributed by atoms with Crippen LogP contribution in [0.2, 0.25) is 0 Å². The van der Waals surface area contributed by atoms with Gasteiger partial charge in [0.15, 0.2) is 0 Å². The average Bonchev–Trinajstić information content (AvgIpc) is 2.15. The number of sulfonamides is 1. The van der Waals surface area contributed by atoms with Crippen molar-refractivity contribution in [1.82, 2.24) is 4.72 Å². The van der Waals surface area contributed by atoms with Crippen LogP contribution in [0.3, 0.4) is 0 Å². The van der Waals surface area contributed by atoms with Crippen molar-refractivity contribution in [3.63, 3.8) is 0 Å². The van der Waals surface area contributed by atoms with Gasteiger partial charge in [0.05, 0.1) is 4.90 Å². The second kappa shape index (κ2) is 4.85. The van der Waals surface area contributed by atoms with Gasteiger partial charge in [0, 0.05) is 11.0 Å². The van der Waals surface area contributed by atoms with Gasteiger partial charge in [0.1, 0.15) is 0 Å². The van der Waals surface area contributed by atoms with E-state index >= 15 is 0 Å². The first-order valence-corrected chi connectivity index (χ1v) is 7.61. The molecule has 0 bridgehead atoms. The molecule has 1 N–H and O–H groups in total. The van der Waals surface area contributed by atoms with E-state index in [0.29, 0.717) is 17.4 Å². The lowest BCUT2D eigenvalue weighted by atomic mass is 9.86. The number of rotatable bonds is 4. The minimum Gasteiger partial charge on any atom is -0.211 e. The zero-order valence-corrected chi connectivity index (χ0v) is 11.2. The Kier molecular flexibility index (Phi) is 3.66. The number of hydrogen-bond donors (Lipinski definition) is 1. The molecule has 1 aliphatic carbocycles. The standard InChI is InChI=1S/C11H14BrNO2S/c12-10-4-6-11(7-5-10)16(14,15)13-8-9-2-1-3-9/h4-7,9,13H,1-3,8H2. The van der Waals surface area contributed by atoms with Gasteiger partial charge in [-0.3, -0.25) is 0 Å². The van der Waals surface area contributed by atoms with Crippen molar-refractivity contribution in [2.45, 2.75) is 24.2 Å². The van der Waals surface area contributed by atoms with Gasteiger partial charge < -0.3 is 0 Å². The van der Waals surface area contributed by atoms with Crippen molar-refractivity contribution in [1.29, 1.82) is 0 Å². The first-order chi connectivity index (χ1) is 7.58. The highest BCUT2D eigenvalue weighted by atomic mass is 79.9. The monoisotopic (exact) mass is 303 g/mol. The summed E-state index contributed by atoms with van der Waals surface area (Å²) in [7, 11) is -3.32. The van der Waals surface area contributed by atoms with Gasteiger partial charge >= 0.3 is 0 Å². The maximum atomic E-state index is 11.9. The molecule has 16 heavy (non-hydrogen) atoms. The van der Waals surface area contributed by atoms with Crippen molar-refractivity contribution in [2.24, 2.45) is 5.92 Å². The van der Waals surface area contributed by atoms with Gasteiger partial charge in [0.2, 0.25) is 10.0 Å². The van der Waals surface area contributed by atoms with Crippen molar-refractivity contribution in [3.8, 4) is 0 Å². The lowest BCUT2D eigenvalue weighted by molar-refractivity contribution is 0.316. The van der Waals surface area contributed by atoms with E-state index in [1.807, 2.05) is 0 Å². The second-order valence-electron chi connectivity index (χ2n) is 4.10. The Bertz CT molecular complexity index is 451. The fourth-order valence-electron chi connectivity index (χ4n) is 1.62. The van der Waals surface area contributed by atoms with Crippen LogP contribution in [0.4, 0.5) is 0 Å². The highest BCUT2D eigenvalue weighted by Gasteiger charge is 2.21. The van der Waals surface area contributed by atoms with Crippen LogP contribution in [0.1, 0.15) is 19.3 Å². The molecule has 0 spiro atoms. The third kappa shape index (κ3) is 2.84. The van der Waals surface area contributed by atoms with Crippen LogP contribution in [0.5, 0.6) is 0 Å². The molecular weight excluding hydrogens is 290 g/mol. The van der Waals surface area contributed by atoms with Crippen LogP contribution < -0.4 is 4.72 Å². The van der Waals surface area contributed by atoms with Crippen LogP contribution in [-0.4, -0.2) is 15.0 Å². The third-order valence-corrected chi connectivity index (χ3v) is 4.88. The minimum absolute atomic E-state index is 0.329.